The molecule has 1 heterocycles. The molecular formula is C10H8BrFN2O2. The van der Waals surface area contributed by atoms with Gasteiger partial charge in [-0.1, -0.05) is 0 Å². The number of H-pyrrole nitrogens is 1. The van der Waals surface area contributed by atoms with Crippen molar-refractivity contribution in [3.05, 3.63) is 43.3 Å². The lowest BCUT2D eigenvalue weighted by atomic mass is 10.2. The van der Waals surface area contributed by atoms with Crippen LogP contribution >= 0.6 is 15.9 Å². The van der Waals surface area contributed by atoms with Gasteiger partial charge in [-0.3, -0.25) is 9.36 Å². The number of aromatic nitrogens is 2. The summed E-state index contributed by atoms with van der Waals surface area (Å²) in [7, 11) is 0. The third kappa shape index (κ3) is 1.49. The first-order valence-corrected chi connectivity index (χ1v) is 5.46. The van der Waals surface area contributed by atoms with Crippen LogP contribution in [-0.4, -0.2) is 9.55 Å². The van der Waals surface area contributed by atoms with Crippen molar-refractivity contribution in [3.63, 3.8) is 0 Å². The minimum absolute atomic E-state index is 0.0610. The SMILES string of the molecule is CCn1c(=O)[nH]c2c(F)ccc(Br)c2c1=O. The Morgan fingerprint density at radius 3 is 2.75 bits per heavy atom. The molecule has 0 radical (unpaired) electrons. The van der Waals surface area contributed by atoms with Gasteiger partial charge in [0.1, 0.15) is 5.82 Å². The van der Waals surface area contributed by atoms with E-state index < -0.39 is 17.1 Å². The number of halogens is 2. The molecule has 84 valence electrons. The van der Waals surface area contributed by atoms with Crippen LogP contribution < -0.4 is 11.2 Å². The fourth-order valence-corrected chi connectivity index (χ4v) is 2.07. The van der Waals surface area contributed by atoms with E-state index >= 15 is 0 Å². The molecule has 0 saturated carbocycles. The van der Waals surface area contributed by atoms with Crippen LogP contribution in [0.25, 0.3) is 10.9 Å². The van der Waals surface area contributed by atoms with E-state index in [-0.39, 0.29) is 17.4 Å². The molecule has 1 aromatic carbocycles. The summed E-state index contributed by atoms with van der Waals surface area (Å²) in [4.78, 5) is 25.7. The Kier molecular flexibility index (Phi) is 2.67. The maximum absolute atomic E-state index is 13.4. The number of nitrogens with zero attached hydrogens (tertiary/aromatic N) is 1. The molecule has 4 nitrogen and oxygen atoms in total. The molecule has 0 unspecified atom stereocenters. The molecule has 1 aromatic heterocycles. The lowest BCUT2D eigenvalue weighted by molar-refractivity contribution is 0.629. The average molecular weight is 287 g/mol. The van der Waals surface area contributed by atoms with Crippen LogP contribution in [-0.2, 0) is 6.54 Å². The lowest BCUT2D eigenvalue weighted by Crippen LogP contribution is -2.34. The number of rotatable bonds is 1. The van der Waals surface area contributed by atoms with E-state index in [1.807, 2.05) is 0 Å². The highest BCUT2D eigenvalue weighted by atomic mass is 79.9. The molecule has 0 aliphatic carbocycles. The van der Waals surface area contributed by atoms with Gasteiger partial charge in [0.05, 0.1) is 10.9 Å². The molecule has 1 N–H and O–H groups in total. The Morgan fingerprint density at radius 1 is 1.44 bits per heavy atom. The van der Waals surface area contributed by atoms with Gasteiger partial charge in [-0.15, -0.1) is 0 Å². The highest BCUT2D eigenvalue weighted by Gasteiger charge is 2.12. The number of fused-ring (bicyclic) bond motifs is 1. The van der Waals surface area contributed by atoms with E-state index in [1.165, 1.54) is 12.1 Å². The molecule has 0 spiro atoms. The molecular weight excluding hydrogens is 279 g/mol. The molecule has 0 saturated heterocycles. The number of aromatic amines is 1. The fraction of sp³-hybridized carbons (Fsp3) is 0.200. The second kappa shape index (κ2) is 3.86. The van der Waals surface area contributed by atoms with E-state index in [0.717, 1.165) is 4.57 Å². The van der Waals surface area contributed by atoms with Crippen LogP contribution in [0.1, 0.15) is 6.92 Å². The quantitative estimate of drug-likeness (QED) is 0.866. The molecule has 6 heteroatoms. The summed E-state index contributed by atoms with van der Waals surface area (Å²) in [5.41, 5.74) is -1.15. The maximum Gasteiger partial charge on any atom is 0.328 e. The van der Waals surface area contributed by atoms with Gasteiger partial charge in [-0.25, -0.2) is 9.18 Å². The van der Waals surface area contributed by atoms with Gasteiger partial charge in [-0.2, -0.15) is 0 Å². The summed E-state index contributed by atoms with van der Waals surface area (Å²) < 4.78 is 14.9. The van der Waals surface area contributed by atoms with Gasteiger partial charge < -0.3 is 4.98 Å². The van der Waals surface area contributed by atoms with E-state index in [4.69, 9.17) is 0 Å². The van der Waals surface area contributed by atoms with Gasteiger partial charge in [0.15, 0.2) is 0 Å². The van der Waals surface area contributed by atoms with Crippen molar-refractivity contribution in [1.29, 1.82) is 0 Å². The monoisotopic (exact) mass is 286 g/mol. The number of benzene rings is 1. The highest BCUT2D eigenvalue weighted by Crippen LogP contribution is 2.20. The molecule has 0 atom stereocenters. The zero-order valence-electron chi connectivity index (χ0n) is 8.38. The van der Waals surface area contributed by atoms with Crippen molar-refractivity contribution in [2.24, 2.45) is 0 Å². The summed E-state index contributed by atoms with van der Waals surface area (Å²) >= 11 is 3.17. The first kappa shape index (κ1) is 11.1. The van der Waals surface area contributed by atoms with Crippen molar-refractivity contribution in [3.8, 4) is 0 Å². The topological polar surface area (TPSA) is 54.9 Å². The Labute approximate surface area is 97.8 Å². The third-order valence-corrected chi connectivity index (χ3v) is 3.02. The second-order valence-electron chi connectivity index (χ2n) is 3.26. The van der Waals surface area contributed by atoms with Crippen LogP contribution in [0.2, 0.25) is 0 Å². The van der Waals surface area contributed by atoms with Crippen molar-refractivity contribution in [2.75, 3.05) is 0 Å². The number of nitrogens with one attached hydrogen (secondary N) is 1. The van der Waals surface area contributed by atoms with E-state index in [1.54, 1.807) is 6.92 Å². The molecule has 0 aliphatic rings. The normalized spacial score (nSPS) is 10.9. The Morgan fingerprint density at radius 2 is 2.12 bits per heavy atom. The summed E-state index contributed by atoms with van der Waals surface area (Å²) in [5.74, 6) is -0.615. The summed E-state index contributed by atoms with van der Waals surface area (Å²) in [5, 5.41) is 0.154. The second-order valence-corrected chi connectivity index (χ2v) is 4.11. The molecule has 0 aliphatic heterocycles. The first-order valence-electron chi connectivity index (χ1n) is 4.67. The van der Waals surface area contributed by atoms with Crippen LogP contribution in [0, 0.1) is 5.82 Å². The van der Waals surface area contributed by atoms with Crippen molar-refractivity contribution in [2.45, 2.75) is 13.5 Å². The summed E-state index contributed by atoms with van der Waals surface area (Å²) in [6.45, 7) is 1.92. The smallest absolute Gasteiger partial charge is 0.304 e. The van der Waals surface area contributed by atoms with E-state index in [9.17, 15) is 14.0 Å². The van der Waals surface area contributed by atoms with Crippen LogP contribution in [0.3, 0.4) is 0 Å². The maximum atomic E-state index is 13.4. The summed E-state index contributed by atoms with van der Waals surface area (Å²) in [6, 6.07) is 2.63. The van der Waals surface area contributed by atoms with Gasteiger partial charge in [-0.05, 0) is 35.0 Å². The van der Waals surface area contributed by atoms with Crippen LogP contribution in [0.5, 0.6) is 0 Å². The minimum Gasteiger partial charge on any atom is -0.304 e. The van der Waals surface area contributed by atoms with Crippen molar-refractivity contribution in [1.82, 2.24) is 9.55 Å². The molecule has 0 amide bonds. The van der Waals surface area contributed by atoms with Crippen LogP contribution in [0.4, 0.5) is 4.39 Å². The fourth-order valence-electron chi connectivity index (χ4n) is 1.57. The summed E-state index contributed by atoms with van der Waals surface area (Å²) in [6.07, 6.45) is 0. The van der Waals surface area contributed by atoms with Gasteiger partial charge in [0, 0.05) is 11.0 Å². The third-order valence-electron chi connectivity index (χ3n) is 2.36. The molecule has 2 aromatic rings. The van der Waals surface area contributed by atoms with Crippen LogP contribution in [0.15, 0.2) is 26.2 Å². The lowest BCUT2D eigenvalue weighted by Gasteiger charge is -2.05. The predicted molar refractivity (Wildman–Crippen MR) is 62.2 cm³/mol. The molecule has 0 bridgehead atoms. The first-order chi connectivity index (χ1) is 7.56. The van der Waals surface area contributed by atoms with E-state index in [2.05, 4.69) is 20.9 Å². The number of hydrogen-bond donors (Lipinski definition) is 1. The highest BCUT2D eigenvalue weighted by molar-refractivity contribution is 9.10. The molecule has 2 rings (SSSR count). The largest absolute Gasteiger partial charge is 0.328 e. The average Bonchev–Trinajstić information content (AvgIpc) is 2.24. The Hall–Kier alpha value is -1.43. The standard InChI is InChI=1S/C10H8BrFN2O2/c1-2-14-9(15)7-5(11)3-4-6(12)8(7)13-10(14)16/h3-4H,2H2,1H3,(H,13,16). The minimum atomic E-state index is -0.615. The van der Waals surface area contributed by atoms with Gasteiger partial charge >= 0.3 is 5.69 Å². The Balaban J connectivity index is 3.11. The predicted octanol–water partition coefficient (Wildman–Crippen LogP) is 1.61. The molecule has 16 heavy (non-hydrogen) atoms. The zero-order valence-corrected chi connectivity index (χ0v) is 9.97. The Bertz CT molecular complexity index is 675. The van der Waals surface area contributed by atoms with Crippen molar-refractivity contribution < 1.29 is 4.39 Å². The zero-order chi connectivity index (χ0) is 11.9. The molecule has 0 fully saturated rings. The van der Waals surface area contributed by atoms with Crippen molar-refractivity contribution >= 4 is 26.8 Å². The van der Waals surface area contributed by atoms with Gasteiger partial charge in [0.2, 0.25) is 0 Å². The van der Waals surface area contributed by atoms with E-state index in [0.29, 0.717) is 4.47 Å². The van der Waals surface area contributed by atoms with Gasteiger partial charge in [0.25, 0.3) is 5.56 Å². The number of hydrogen-bond acceptors (Lipinski definition) is 2.